The molecule has 1 aliphatic heterocycles. The van der Waals surface area contributed by atoms with Crippen LogP contribution >= 0.6 is 23.4 Å². The molecule has 1 atom stereocenters. The van der Waals surface area contributed by atoms with Gasteiger partial charge < -0.3 is 19.7 Å². The summed E-state index contributed by atoms with van der Waals surface area (Å²) in [5.41, 5.74) is 0.666. The second kappa shape index (κ2) is 8.50. The largest absolute Gasteiger partial charge is 0.490 e. The first-order valence-corrected chi connectivity index (χ1v) is 8.71. The van der Waals surface area contributed by atoms with Crippen LogP contribution in [0.4, 0.5) is 10.5 Å². The molecule has 0 spiro atoms. The average molecular weight is 345 g/mol. The van der Waals surface area contributed by atoms with Gasteiger partial charge in [-0.1, -0.05) is 11.6 Å². The number of amides is 2. The van der Waals surface area contributed by atoms with Crippen molar-refractivity contribution < 1.29 is 14.3 Å². The van der Waals surface area contributed by atoms with Crippen LogP contribution in [0.1, 0.15) is 6.92 Å². The van der Waals surface area contributed by atoms with Crippen molar-refractivity contribution in [2.45, 2.75) is 13.0 Å². The number of ether oxygens (including phenoxy) is 2. The predicted molar refractivity (Wildman–Crippen MR) is 91.3 cm³/mol. The van der Waals surface area contributed by atoms with Gasteiger partial charge >= 0.3 is 6.03 Å². The highest BCUT2D eigenvalue weighted by molar-refractivity contribution is 7.99. The fourth-order valence-electron chi connectivity index (χ4n) is 2.15. The highest BCUT2D eigenvalue weighted by atomic mass is 35.5. The number of thioether (sulfide) groups is 1. The van der Waals surface area contributed by atoms with Crippen LogP contribution in [-0.2, 0) is 4.74 Å². The Balaban J connectivity index is 1.95. The standard InChI is InChI=1S/C15H21ClN2O3S/c1-11-10-22-8-5-18(11)15(19)17-12-3-4-14(13(16)9-12)21-7-6-20-2/h3-4,9,11H,5-8,10H2,1-2H3,(H,17,19)/t11-/m0/s1. The number of methoxy groups -OCH3 is 1. The Bertz CT molecular complexity index is 516. The number of benzene rings is 1. The Hall–Kier alpha value is -1.11. The number of halogens is 1. The summed E-state index contributed by atoms with van der Waals surface area (Å²) in [6.07, 6.45) is 0. The third-order valence-corrected chi connectivity index (χ3v) is 4.84. The van der Waals surface area contributed by atoms with Gasteiger partial charge in [0.25, 0.3) is 0 Å². The predicted octanol–water partition coefficient (Wildman–Crippen LogP) is 3.33. The fourth-order valence-corrected chi connectivity index (χ4v) is 3.40. The molecule has 22 heavy (non-hydrogen) atoms. The van der Waals surface area contributed by atoms with Gasteiger partial charge in [0.05, 0.1) is 11.6 Å². The first-order chi connectivity index (χ1) is 10.6. The van der Waals surface area contributed by atoms with Crippen LogP contribution in [0.2, 0.25) is 5.02 Å². The van der Waals surface area contributed by atoms with E-state index in [2.05, 4.69) is 12.2 Å². The van der Waals surface area contributed by atoms with Gasteiger partial charge in [-0.3, -0.25) is 0 Å². The van der Waals surface area contributed by atoms with E-state index in [-0.39, 0.29) is 12.1 Å². The summed E-state index contributed by atoms with van der Waals surface area (Å²) in [7, 11) is 1.61. The number of hydrogen-bond donors (Lipinski definition) is 1. The van der Waals surface area contributed by atoms with Gasteiger partial charge in [0.15, 0.2) is 0 Å². The summed E-state index contributed by atoms with van der Waals surface area (Å²) in [5, 5.41) is 3.36. The van der Waals surface area contributed by atoms with E-state index in [1.54, 1.807) is 25.3 Å². The summed E-state index contributed by atoms with van der Waals surface area (Å²) in [6.45, 7) is 3.76. The van der Waals surface area contributed by atoms with Crippen LogP contribution in [0.25, 0.3) is 0 Å². The lowest BCUT2D eigenvalue weighted by molar-refractivity contribution is 0.146. The number of carbonyl (C=O) groups is 1. The van der Waals surface area contributed by atoms with Gasteiger partial charge in [-0.05, 0) is 25.1 Å². The third-order valence-electron chi connectivity index (χ3n) is 3.36. The number of anilines is 1. The molecule has 1 saturated heterocycles. The summed E-state index contributed by atoms with van der Waals surface area (Å²) >= 11 is 8.05. The lowest BCUT2D eigenvalue weighted by Gasteiger charge is -2.33. The SMILES string of the molecule is COCCOc1ccc(NC(=O)N2CCSC[C@@H]2C)cc1Cl. The lowest BCUT2D eigenvalue weighted by atomic mass is 10.3. The summed E-state index contributed by atoms with van der Waals surface area (Å²) in [5.74, 6) is 2.53. The maximum absolute atomic E-state index is 12.3. The molecular weight excluding hydrogens is 324 g/mol. The molecule has 1 aliphatic rings. The Morgan fingerprint density at radius 3 is 3.00 bits per heavy atom. The molecule has 1 heterocycles. The van der Waals surface area contributed by atoms with Gasteiger partial charge in [-0.15, -0.1) is 0 Å². The Labute approximate surface area is 140 Å². The Kier molecular flexibility index (Phi) is 6.67. The van der Waals surface area contributed by atoms with E-state index in [1.807, 2.05) is 16.7 Å². The van der Waals surface area contributed by atoms with Gasteiger partial charge in [0, 0.05) is 36.9 Å². The monoisotopic (exact) mass is 344 g/mol. The molecular formula is C15H21ClN2O3S. The van der Waals surface area contributed by atoms with Crippen molar-refractivity contribution in [2.75, 3.05) is 43.7 Å². The third kappa shape index (κ3) is 4.69. The smallest absolute Gasteiger partial charge is 0.322 e. The van der Waals surface area contributed by atoms with Crippen molar-refractivity contribution in [1.82, 2.24) is 4.90 Å². The van der Waals surface area contributed by atoms with Crippen LogP contribution in [0.15, 0.2) is 18.2 Å². The molecule has 2 amide bonds. The minimum atomic E-state index is -0.0862. The quantitative estimate of drug-likeness (QED) is 0.832. The van der Waals surface area contributed by atoms with Gasteiger partial charge in [-0.2, -0.15) is 11.8 Å². The van der Waals surface area contributed by atoms with Crippen molar-refractivity contribution >= 4 is 35.1 Å². The molecule has 1 fully saturated rings. The maximum Gasteiger partial charge on any atom is 0.322 e. The van der Waals surface area contributed by atoms with Crippen LogP contribution in [0.5, 0.6) is 5.75 Å². The first-order valence-electron chi connectivity index (χ1n) is 7.18. The molecule has 0 unspecified atom stereocenters. The number of nitrogens with one attached hydrogen (secondary N) is 1. The molecule has 122 valence electrons. The zero-order valence-corrected chi connectivity index (χ0v) is 14.4. The minimum absolute atomic E-state index is 0.0862. The van der Waals surface area contributed by atoms with Crippen molar-refractivity contribution in [3.63, 3.8) is 0 Å². The van der Waals surface area contributed by atoms with Gasteiger partial charge in [0.2, 0.25) is 0 Å². The molecule has 1 N–H and O–H groups in total. The highest BCUT2D eigenvalue weighted by Gasteiger charge is 2.23. The minimum Gasteiger partial charge on any atom is -0.490 e. The van der Waals surface area contributed by atoms with Crippen molar-refractivity contribution in [3.8, 4) is 5.75 Å². The van der Waals surface area contributed by atoms with E-state index in [9.17, 15) is 4.79 Å². The molecule has 1 aromatic rings. The topological polar surface area (TPSA) is 50.8 Å². The first kappa shape index (κ1) is 17.2. The molecule has 5 nitrogen and oxygen atoms in total. The number of nitrogens with zero attached hydrogens (tertiary/aromatic N) is 1. The summed E-state index contributed by atoms with van der Waals surface area (Å²) in [6, 6.07) is 5.39. The number of rotatable bonds is 5. The van der Waals surface area contributed by atoms with E-state index in [1.165, 1.54) is 0 Å². The maximum atomic E-state index is 12.3. The molecule has 1 aromatic carbocycles. The Morgan fingerprint density at radius 2 is 2.32 bits per heavy atom. The van der Waals surface area contributed by atoms with Gasteiger partial charge in [0.1, 0.15) is 12.4 Å². The van der Waals surface area contributed by atoms with Crippen molar-refractivity contribution in [3.05, 3.63) is 23.2 Å². The van der Waals surface area contributed by atoms with E-state index >= 15 is 0 Å². The molecule has 0 radical (unpaired) electrons. The van der Waals surface area contributed by atoms with E-state index < -0.39 is 0 Å². The molecule has 2 rings (SSSR count). The van der Waals surface area contributed by atoms with Crippen molar-refractivity contribution in [2.24, 2.45) is 0 Å². The second-order valence-electron chi connectivity index (χ2n) is 5.03. The van der Waals surface area contributed by atoms with Crippen LogP contribution in [0.3, 0.4) is 0 Å². The fraction of sp³-hybridized carbons (Fsp3) is 0.533. The summed E-state index contributed by atoms with van der Waals surface area (Å²) < 4.78 is 10.4. The highest BCUT2D eigenvalue weighted by Crippen LogP contribution is 2.28. The second-order valence-corrected chi connectivity index (χ2v) is 6.59. The number of carbonyl (C=O) groups excluding carboxylic acids is 1. The normalized spacial score (nSPS) is 18.1. The molecule has 0 bridgehead atoms. The van der Waals surface area contributed by atoms with Crippen LogP contribution in [-0.4, -0.2) is 55.3 Å². The van der Waals surface area contributed by atoms with E-state index in [0.29, 0.717) is 29.7 Å². The zero-order valence-electron chi connectivity index (χ0n) is 12.8. The van der Waals surface area contributed by atoms with E-state index in [0.717, 1.165) is 18.1 Å². The van der Waals surface area contributed by atoms with Gasteiger partial charge in [-0.25, -0.2) is 4.79 Å². The summed E-state index contributed by atoms with van der Waals surface area (Å²) in [4.78, 5) is 14.2. The van der Waals surface area contributed by atoms with E-state index in [4.69, 9.17) is 21.1 Å². The van der Waals surface area contributed by atoms with Crippen LogP contribution in [0, 0.1) is 0 Å². The molecule has 0 aliphatic carbocycles. The zero-order chi connectivity index (χ0) is 15.9. The van der Waals surface area contributed by atoms with Crippen molar-refractivity contribution in [1.29, 1.82) is 0 Å². The Morgan fingerprint density at radius 1 is 1.50 bits per heavy atom. The number of urea groups is 1. The lowest BCUT2D eigenvalue weighted by Crippen LogP contribution is -2.46. The molecule has 0 saturated carbocycles. The van der Waals surface area contributed by atoms with Crippen LogP contribution < -0.4 is 10.1 Å². The molecule has 0 aromatic heterocycles. The number of hydrogen-bond acceptors (Lipinski definition) is 4. The average Bonchev–Trinajstić information content (AvgIpc) is 2.50. The molecule has 7 heteroatoms.